The van der Waals surface area contributed by atoms with Crippen molar-refractivity contribution >= 4 is 33.1 Å². The van der Waals surface area contributed by atoms with Gasteiger partial charge in [0.15, 0.2) is 0 Å². The second-order valence-corrected chi connectivity index (χ2v) is 7.95. The van der Waals surface area contributed by atoms with E-state index in [9.17, 15) is 21.6 Å². The highest BCUT2D eigenvalue weighted by molar-refractivity contribution is 7.91. The molecular weight excluding hydrogens is 401 g/mol. The van der Waals surface area contributed by atoms with Crippen LogP contribution in [0.5, 0.6) is 0 Å². The van der Waals surface area contributed by atoms with Crippen LogP contribution in [0.25, 0.3) is 10.9 Å². The van der Waals surface area contributed by atoms with Gasteiger partial charge < -0.3 is 10.7 Å². The smallest absolute Gasteiger partial charge is 0.358 e. The van der Waals surface area contributed by atoms with Crippen molar-refractivity contribution in [1.82, 2.24) is 4.98 Å². The number of aryl methyl sites for hydroxylation is 1. The van der Waals surface area contributed by atoms with Crippen LogP contribution in [0.3, 0.4) is 0 Å². The fraction of sp³-hybridized carbons (Fsp3) is 0.222. The molecule has 0 spiro atoms. The zero-order valence-electron chi connectivity index (χ0n) is 14.3. The normalized spacial score (nSPS) is 12.2. The minimum Gasteiger partial charge on any atom is -0.358 e. The molecule has 0 radical (unpaired) electrons. The van der Waals surface area contributed by atoms with Gasteiger partial charge in [0, 0.05) is 16.6 Å². The van der Waals surface area contributed by atoms with Gasteiger partial charge in [0.1, 0.15) is 0 Å². The molecule has 0 aliphatic carbocycles. The van der Waals surface area contributed by atoms with Crippen LogP contribution in [-0.4, -0.2) is 19.9 Å². The van der Waals surface area contributed by atoms with Gasteiger partial charge in [-0.1, -0.05) is 0 Å². The summed E-state index contributed by atoms with van der Waals surface area (Å²) in [7, 11) is -3.93. The summed E-state index contributed by atoms with van der Waals surface area (Å²) in [6.45, 7) is 2.30. The van der Waals surface area contributed by atoms with Crippen LogP contribution < -0.4 is 5.73 Å². The van der Waals surface area contributed by atoms with Crippen molar-refractivity contribution in [2.75, 3.05) is 6.54 Å². The van der Waals surface area contributed by atoms with Gasteiger partial charge in [-0.25, -0.2) is 8.42 Å². The molecule has 4 nitrogen and oxygen atoms in total. The standard InChI is InChI=1S/C18H17F3N2O2S.ClH/c1-11-15(8-9-22)16-10-14(6-7-17(16)23-11)26(24,25)13-4-2-12(3-5-13)18(19,20)21;/h2-7,10,23H,8-9,22H2,1H3;1H. The molecule has 9 heteroatoms. The fourth-order valence-corrected chi connectivity index (χ4v) is 4.24. The predicted molar refractivity (Wildman–Crippen MR) is 99.9 cm³/mol. The van der Waals surface area contributed by atoms with E-state index in [0.29, 0.717) is 13.0 Å². The SMILES string of the molecule is Cc1[nH]c2ccc(S(=O)(=O)c3ccc(C(F)(F)F)cc3)cc2c1CCN.Cl. The molecule has 0 bridgehead atoms. The number of nitrogens with two attached hydrogens (primary N) is 1. The molecule has 3 aromatic rings. The van der Waals surface area contributed by atoms with Crippen LogP contribution in [-0.2, 0) is 22.4 Å². The highest BCUT2D eigenvalue weighted by Crippen LogP contribution is 2.32. The van der Waals surface area contributed by atoms with Gasteiger partial charge in [-0.05, 0) is 67.9 Å². The molecular formula is C18H18ClF3N2O2S. The number of rotatable bonds is 4. The zero-order chi connectivity index (χ0) is 19.1. The minimum absolute atomic E-state index is 0. The van der Waals surface area contributed by atoms with Crippen molar-refractivity contribution in [3.05, 3.63) is 59.3 Å². The number of aromatic nitrogens is 1. The van der Waals surface area contributed by atoms with Crippen molar-refractivity contribution in [2.45, 2.75) is 29.3 Å². The van der Waals surface area contributed by atoms with Crippen molar-refractivity contribution in [3.63, 3.8) is 0 Å². The van der Waals surface area contributed by atoms with Crippen LogP contribution in [0.1, 0.15) is 16.8 Å². The lowest BCUT2D eigenvalue weighted by molar-refractivity contribution is -0.137. The molecule has 0 amide bonds. The summed E-state index contributed by atoms with van der Waals surface area (Å²) in [4.78, 5) is 3.03. The van der Waals surface area contributed by atoms with E-state index >= 15 is 0 Å². The van der Waals surface area contributed by atoms with Gasteiger partial charge in [-0.3, -0.25) is 0 Å². The monoisotopic (exact) mass is 418 g/mol. The van der Waals surface area contributed by atoms with Crippen LogP contribution in [0.4, 0.5) is 13.2 Å². The van der Waals surface area contributed by atoms with E-state index in [-0.39, 0.29) is 22.2 Å². The number of fused-ring (bicyclic) bond motifs is 1. The number of aromatic amines is 1. The third-order valence-corrected chi connectivity index (χ3v) is 6.05. The van der Waals surface area contributed by atoms with E-state index in [1.807, 2.05) is 6.92 Å². The molecule has 2 aromatic carbocycles. The molecule has 0 saturated heterocycles. The van der Waals surface area contributed by atoms with E-state index in [0.717, 1.165) is 46.4 Å². The van der Waals surface area contributed by atoms with Gasteiger partial charge in [0.25, 0.3) is 0 Å². The highest BCUT2D eigenvalue weighted by atomic mass is 35.5. The Labute approximate surface area is 160 Å². The molecule has 3 rings (SSSR count). The lowest BCUT2D eigenvalue weighted by Crippen LogP contribution is -2.07. The zero-order valence-corrected chi connectivity index (χ0v) is 15.9. The molecule has 0 aliphatic rings. The molecule has 1 aromatic heterocycles. The second kappa shape index (κ2) is 7.53. The summed E-state index contributed by atoms with van der Waals surface area (Å²) in [5.41, 5.74) is 7.37. The van der Waals surface area contributed by atoms with Crippen molar-refractivity contribution < 1.29 is 21.6 Å². The molecule has 146 valence electrons. The Morgan fingerprint density at radius 3 is 2.19 bits per heavy atom. The largest absolute Gasteiger partial charge is 0.416 e. The third-order valence-electron chi connectivity index (χ3n) is 4.29. The van der Waals surface area contributed by atoms with Crippen LogP contribution in [0.2, 0.25) is 0 Å². The first-order valence-electron chi connectivity index (χ1n) is 7.88. The highest BCUT2D eigenvalue weighted by Gasteiger charge is 2.31. The van der Waals surface area contributed by atoms with Crippen molar-refractivity contribution in [2.24, 2.45) is 5.73 Å². The number of benzene rings is 2. The lowest BCUT2D eigenvalue weighted by Gasteiger charge is -2.09. The van der Waals surface area contributed by atoms with E-state index in [1.54, 1.807) is 6.07 Å². The minimum atomic E-state index is -4.51. The first-order chi connectivity index (χ1) is 12.1. The predicted octanol–water partition coefficient (Wildman–Crippen LogP) is 4.25. The Bertz CT molecular complexity index is 1060. The fourth-order valence-electron chi connectivity index (χ4n) is 2.95. The molecule has 3 N–H and O–H groups in total. The van der Waals surface area contributed by atoms with Crippen LogP contribution in [0, 0.1) is 6.92 Å². The number of nitrogens with one attached hydrogen (secondary N) is 1. The summed E-state index contributed by atoms with van der Waals surface area (Å²) >= 11 is 0. The Morgan fingerprint density at radius 1 is 1.04 bits per heavy atom. The average Bonchev–Trinajstić information content (AvgIpc) is 2.89. The van der Waals surface area contributed by atoms with Crippen LogP contribution >= 0.6 is 12.4 Å². The van der Waals surface area contributed by atoms with Gasteiger partial charge in [-0.15, -0.1) is 12.4 Å². The van der Waals surface area contributed by atoms with Crippen LogP contribution in [0.15, 0.2) is 52.3 Å². The summed E-state index contributed by atoms with van der Waals surface area (Å²) in [5, 5.41) is 0.751. The molecule has 0 unspecified atom stereocenters. The summed E-state index contributed by atoms with van der Waals surface area (Å²) in [6.07, 6.45) is -3.92. The summed E-state index contributed by atoms with van der Waals surface area (Å²) in [6, 6.07) is 8.13. The van der Waals surface area contributed by atoms with Gasteiger partial charge in [-0.2, -0.15) is 13.2 Å². The maximum absolute atomic E-state index is 12.8. The van der Waals surface area contributed by atoms with Gasteiger partial charge in [0.2, 0.25) is 9.84 Å². The number of sulfone groups is 1. The molecule has 27 heavy (non-hydrogen) atoms. The molecule has 1 heterocycles. The summed E-state index contributed by atoms with van der Waals surface area (Å²) in [5.74, 6) is 0. The number of alkyl halides is 3. The Morgan fingerprint density at radius 2 is 1.63 bits per heavy atom. The van der Waals surface area contributed by atoms with Crippen molar-refractivity contribution in [1.29, 1.82) is 0 Å². The van der Waals surface area contributed by atoms with Gasteiger partial charge >= 0.3 is 6.18 Å². The Hall–Kier alpha value is -2.03. The van der Waals surface area contributed by atoms with E-state index in [2.05, 4.69) is 4.98 Å². The molecule has 0 atom stereocenters. The number of H-pyrrole nitrogens is 1. The van der Waals surface area contributed by atoms with E-state index in [4.69, 9.17) is 5.73 Å². The Kier molecular flexibility index (Phi) is 5.94. The Balaban J connectivity index is 0.00000261. The quantitative estimate of drug-likeness (QED) is 0.665. The third kappa shape index (κ3) is 3.97. The van der Waals surface area contributed by atoms with E-state index < -0.39 is 21.6 Å². The first kappa shape index (κ1) is 21.3. The number of hydrogen-bond acceptors (Lipinski definition) is 3. The maximum atomic E-state index is 12.8. The second-order valence-electron chi connectivity index (χ2n) is 6.00. The van der Waals surface area contributed by atoms with E-state index in [1.165, 1.54) is 12.1 Å². The average molecular weight is 419 g/mol. The number of halogens is 4. The van der Waals surface area contributed by atoms with Gasteiger partial charge in [0.05, 0.1) is 15.4 Å². The summed E-state index contributed by atoms with van der Waals surface area (Å²) < 4.78 is 63.6. The topological polar surface area (TPSA) is 76.0 Å². The first-order valence-corrected chi connectivity index (χ1v) is 9.36. The molecule has 0 aliphatic heterocycles. The molecule has 0 fully saturated rings. The molecule has 0 saturated carbocycles. The van der Waals surface area contributed by atoms with Crippen molar-refractivity contribution in [3.8, 4) is 0 Å². The maximum Gasteiger partial charge on any atom is 0.416 e. The number of hydrogen-bond donors (Lipinski definition) is 2. The lowest BCUT2D eigenvalue weighted by atomic mass is 10.1.